The van der Waals surface area contributed by atoms with E-state index in [0.29, 0.717) is 5.13 Å². The van der Waals surface area contributed by atoms with E-state index < -0.39 is 0 Å². The number of carbonyl (C=O) groups is 1. The van der Waals surface area contributed by atoms with Gasteiger partial charge in [-0.15, -0.1) is 11.3 Å². The Balaban J connectivity index is 1.38. The average molecular weight is 379 g/mol. The second kappa shape index (κ2) is 7.84. The largest absolute Gasteiger partial charge is 0.356 e. The minimum atomic E-state index is 0.0147. The van der Waals surface area contributed by atoms with Gasteiger partial charge in [0.05, 0.1) is 11.4 Å². The third-order valence-electron chi connectivity index (χ3n) is 4.76. The molecule has 0 spiro atoms. The molecule has 0 radical (unpaired) electrons. The van der Waals surface area contributed by atoms with Crippen LogP contribution in [0.1, 0.15) is 18.5 Å². The van der Waals surface area contributed by atoms with Crippen LogP contribution in [0.25, 0.3) is 11.3 Å². The summed E-state index contributed by atoms with van der Waals surface area (Å²) in [6.07, 6.45) is 3.23. The second-order valence-electron chi connectivity index (χ2n) is 6.67. The molecule has 1 aliphatic heterocycles. The Morgan fingerprint density at radius 3 is 2.67 bits per heavy atom. The number of aromatic nitrogens is 3. The van der Waals surface area contributed by atoms with Crippen molar-refractivity contribution in [2.75, 3.05) is 23.3 Å². The number of carbonyl (C=O) groups excluding carboxylic acids is 1. The summed E-state index contributed by atoms with van der Waals surface area (Å²) in [7, 11) is 0. The van der Waals surface area contributed by atoms with Crippen LogP contribution < -0.4 is 10.2 Å². The van der Waals surface area contributed by atoms with Crippen molar-refractivity contribution in [3.8, 4) is 11.3 Å². The van der Waals surface area contributed by atoms with E-state index in [-0.39, 0.29) is 11.8 Å². The minimum Gasteiger partial charge on any atom is -0.356 e. The zero-order chi connectivity index (χ0) is 18.6. The quantitative estimate of drug-likeness (QED) is 0.747. The number of anilines is 2. The standard InChI is InChI=1S/C20H21N5OS/c1-14-12-27-20(23-14)24-19(26)16-7-9-25(10-8-16)18-11-17(21-13-22-18)15-5-3-2-4-6-15/h2-6,11-13,16H,7-10H2,1H3,(H,23,24,26). The van der Waals surface area contributed by atoms with Gasteiger partial charge >= 0.3 is 0 Å². The van der Waals surface area contributed by atoms with E-state index in [1.54, 1.807) is 6.33 Å². The van der Waals surface area contributed by atoms with Crippen molar-refractivity contribution in [1.29, 1.82) is 0 Å². The lowest BCUT2D eigenvalue weighted by Crippen LogP contribution is -2.38. The van der Waals surface area contributed by atoms with Crippen LogP contribution in [-0.2, 0) is 4.79 Å². The van der Waals surface area contributed by atoms with Gasteiger partial charge in [-0.25, -0.2) is 15.0 Å². The number of nitrogens with zero attached hydrogens (tertiary/aromatic N) is 4. The van der Waals surface area contributed by atoms with Crippen LogP contribution >= 0.6 is 11.3 Å². The van der Waals surface area contributed by atoms with E-state index in [4.69, 9.17) is 0 Å². The van der Waals surface area contributed by atoms with Gasteiger partial charge in [0.15, 0.2) is 5.13 Å². The molecule has 1 saturated heterocycles. The number of benzene rings is 1. The molecule has 0 aliphatic carbocycles. The number of aryl methyl sites for hydroxylation is 1. The molecule has 7 heteroatoms. The number of piperidine rings is 1. The molecule has 3 heterocycles. The number of rotatable bonds is 4. The number of thiazole rings is 1. The van der Waals surface area contributed by atoms with E-state index in [1.165, 1.54) is 11.3 Å². The maximum absolute atomic E-state index is 12.5. The maximum atomic E-state index is 12.5. The lowest BCUT2D eigenvalue weighted by Gasteiger charge is -2.32. The monoisotopic (exact) mass is 379 g/mol. The SMILES string of the molecule is Cc1csc(NC(=O)C2CCN(c3cc(-c4ccccc4)ncn3)CC2)n1. The zero-order valence-electron chi connectivity index (χ0n) is 15.1. The fraction of sp³-hybridized carbons (Fsp3) is 0.300. The summed E-state index contributed by atoms with van der Waals surface area (Å²) in [6, 6.07) is 12.1. The Morgan fingerprint density at radius 2 is 1.96 bits per heavy atom. The highest BCUT2D eigenvalue weighted by Crippen LogP contribution is 2.26. The first-order chi connectivity index (χ1) is 13.2. The fourth-order valence-corrected chi connectivity index (χ4v) is 3.97. The van der Waals surface area contributed by atoms with Crippen LogP contribution in [0.5, 0.6) is 0 Å². The molecule has 6 nitrogen and oxygen atoms in total. The molecule has 138 valence electrons. The van der Waals surface area contributed by atoms with Crippen LogP contribution in [0, 0.1) is 12.8 Å². The Morgan fingerprint density at radius 1 is 1.19 bits per heavy atom. The molecule has 0 saturated carbocycles. The molecule has 3 aromatic rings. The van der Waals surface area contributed by atoms with Gasteiger partial charge in [0, 0.05) is 36.0 Å². The van der Waals surface area contributed by atoms with E-state index in [1.807, 2.05) is 48.7 Å². The first kappa shape index (κ1) is 17.6. The van der Waals surface area contributed by atoms with Crippen molar-refractivity contribution in [3.05, 3.63) is 53.8 Å². The smallest absolute Gasteiger partial charge is 0.229 e. The lowest BCUT2D eigenvalue weighted by molar-refractivity contribution is -0.120. The summed E-state index contributed by atoms with van der Waals surface area (Å²) in [5.74, 6) is 0.996. The maximum Gasteiger partial charge on any atom is 0.229 e. The Hall–Kier alpha value is -2.80. The minimum absolute atomic E-state index is 0.0147. The van der Waals surface area contributed by atoms with Gasteiger partial charge in [0.25, 0.3) is 0 Å². The summed E-state index contributed by atoms with van der Waals surface area (Å²) >= 11 is 1.47. The molecule has 1 aliphatic rings. The molecular formula is C20H21N5OS. The average Bonchev–Trinajstić information content (AvgIpc) is 3.13. The molecule has 27 heavy (non-hydrogen) atoms. The van der Waals surface area contributed by atoms with Gasteiger partial charge in [-0.1, -0.05) is 30.3 Å². The van der Waals surface area contributed by atoms with Gasteiger partial charge in [-0.2, -0.15) is 0 Å². The van der Waals surface area contributed by atoms with Crippen molar-refractivity contribution in [3.63, 3.8) is 0 Å². The molecule has 0 unspecified atom stereocenters. The summed E-state index contributed by atoms with van der Waals surface area (Å²) in [5.41, 5.74) is 2.93. The molecule has 0 atom stereocenters. The van der Waals surface area contributed by atoms with E-state index >= 15 is 0 Å². The van der Waals surface area contributed by atoms with Gasteiger partial charge in [0.2, 0.25) is 5.91 Å². The van der Waals surface area contributed by atoms with Gasteiger partial charge in [0.1, 0.15) is 12.1 Å². The van der Waals surface area contributed by atoms with E-state index in [9.17, 15) is 4.79 Å². The molecule has 2 aromatic heterocycles. The van der Waals surface area contributed by atoms with Crippen molar-refractivity contribution >= 4 is 28.2 Å². The van der Waals surface area contributed by atoms with Gasteiger partial charge in [-0.3, -0.25) is 4.79 Å². The topological polar surface area (TPSA) is 71.0 Å². The Bertz CT molecular complexity index is 919. The first-order valence-corrected chi connectivity index (χ1v) is 9.92. The van der Waals surface area contributed by atoms with Crippen molar-refractivity contribution < 1.29 is 4.79 Å². The molecular weight excluding hydrogens is 358 g/mol. The summed E-state index contributed by atoms with van der Waals surface area (Å²) in [6.45, 7) is 3.54. The van der Waals surface area contributed by atoms with Crippen LogP contribution in [0.4, 0.5) is 10.9 Å². The predicted octanol–water partition coefficient (Wildman–Crippen LogP) is 3.76. The summed E-state index contributed by atoms with van der Waals surface area (Å²) < 4.78 is 0. The normalized spacial score (nSPS) is 14.9. The number of amides is 1. The van der Waals surface area contributed by atoms with Crippen molar-refractivity contribution in [2.45, 2.75) is 19.8 Å². The van der Waals surface area contributed by atoms with E-state index in [0.717, 1.165) is 48.7 Å². The summed E-state index contributed by atoms with van der Waals surface area (Å²) in [5, 5.41) is 5.57. The van der Waals surface area contributed by atoms with Crippen LogP contribution in [0.15, 0.2) is 48.1 Å². The number of hydrogen-bond donors (Lipinski definition) is 1. The van der Waals surface area contributed by atoms with Crippen LogP contribution in [-0.4, -0.2) is 33.9 Å². The predicted molar refractivity (Wildman–Crippen MR) is 108 cm³/mol. The van der Waals surface area contributed by atoms with Crippen molar-refractivity contribution in [1.82, 2.24) is 15.0 Å². The van der Waals surface area contributed by atoms with Crippen LogP contribution in [0.3, 0.4) is 0 Å². The third-order valence-corrected chi connectivity index (χ3v) is 5.64. The first-order valence-electron chi connectivity index (χ1n) is 9.04. The molecule has 1 N–H and O–H groups in total. The van der Waals surface area contributed by atoms with Crippen molar-refractivity contribution in [2.24, 2.45) is 5.92 Å². The molecule has 4 rings (SSSR count). The Labute approximate surface area is 162 Å². The number of hydrogen-bond acceptors (Lipinski definition) is 6. The van der Waals surface area contributed by atoms with Crippen LogP contribution in [0.2, 0.25) is 0 Å². The summed E-state index contributed by atoms with van der Waals surface area (Å²) in [4.78, 5) is 27.8. The van der Waals surface area contributed by atoms with Gasteiger partial charge < -0.3 is 10.2 Å². The highest BCUT2D eigenvalue weighted by molar-refractivity contribution is 7.13. The fourth-order valence-electron chi connectivity index (χ4n) is 3.28. The molecule has 1 fully saturated rings. The zero-order valence-corrected chi connectivity index (χ0v) is 15.9. The highest BCUT2D eigenvalue weighted by Gasteiger charge is 2.26. The molecule has 1 aromatic carbocycles. The Kier molecular flexibility index (Phi) is 5.11. The lowest BCUT2D eigenvalue weighted by atomic mass is 9.96. The molecule has 0 bridgehead atoms. The highest BCUT2D eigenvalue weighted by atomic mass is 32.1. The second-order valence-corrected chi connectivity index (χ2v) is 7.53. The third kappa shape index (κ3) is 4.14. The van der Waals surface area contributed by atoms with Gasteiger partial charge in [-0.05, 0) is 19.8 Å². The number of nitrogens with one attached hydrogen (secondary N) is 1. The van der Waals surface area contributed by atoms with E-state index in [2.05, 4.69) is 25.2 Å². The molecule has 1 amide bonds.